The van der Waals surface area contributed by atoms with Gasteiger partial charge in [-0.05, 0) is 56.3 Å². The first kappa shape index (κ1) is 28.4. The summed E-state index contributed by atoms with van der Waals surface area (Å²) in [6.45, 7) is 2.34. The third-order valence-electron chi connectivity index (χ3n) is 4.69. The predicted molar refractivity (Wildman–Crippen MR) is 123 cm³/mol. The summed E-state index contributed by atoms with van der Waals surface area (Å²) in [5.41, 5.74) is -3.61. The first-order chi connectivity index (χ1) is 16.1. The number of amides is 2. The smallest absolute Gasteiger partial charge is 0.383 e. The number of benzene rings is 2. The summed E-state index contributed by atoms with van der Waals surface area (Å²) in [4.78, 5) is 23.7. The minimum Gasteiger partial charge on any atom is -0.383 e. The molecule has 2 aromatic carbocycles. The molecule has 0 aliphatic rings. The van der Waals surface area contributed by atoms with Crippen LogP contribution in [0.15, 0.2) is 47.4 Å². The fourth-order valence-corrected chi connectivity index (χ4v) is 4.02. The molecule has 0 aromatic heterocycles. The number of halogens is 4. The largest absolute Gasteiger partial charge is 0.426 e. The number of methoxy groups -OCH3 is 1. The number of rotatable bonds is 9. The van der Waals surface area contributed by atoms with Crippen molar-refractivity contribution in [2.75, 3.05) is 23.8 Å². The highest BCUT2D eigenvalue weighted by atomic mass is 35.5. The van der Waals surface area contributed by atoms with Crippen LogP contribution in [0.1, 0.15) is 24.2 Å². The van der Waals surface area contributed by atoms with Crippen molar-refractivity contribution in [2.45, 2.75) is 36.6 Å². The van der Waals surface area contributed by atoms with E-state index in [0.29, 0.717) is 6.61 Å². The number of nitrogens with one attached hydrogen (secondary N) is 3. The Hall–Kier alpha value is -2.87. The fraction of sp³-hybridized carbons (Fsp3) is 0.333. The molecule has 2 atom stereocenters. The maximum atomic E-state index is 12.8. The number of alkyl halides is 3. The number of hydrogen-bond donors (Lipinski definition) is 4. The molecule has 35 heavy (non-hydrogen) atoms. The molecular formula is C21H23ClF3N3O6S. The van der Waals surface area contributed by atoms with Crippen LogP contribution in [0.4, 0.5) is 24.5 Å². The van der Waals surface area contributed by atoms with Gasteiger partial charge in [0, 0.05) is 24.4 Å². The molecule has 0 saturated carbocycles. The zero-order valence-corrected chi connectivity index (χ0v) is 20.3. The molecule has 0 fully saturated rings. The summed E-state index contributed by atoms with van der Waals surface area (Å²) in [7, 11) is -2.69. The molecular weight excluding hydrogens is 515 g/mol. The van der Waals surface area contributed by atoms with Crippen molar-refractivity contribution in [3.05, 3.63) is 53.1 Å². The average molecular weight is 538 g/mol. The molecule has 0 bridgehead atoms. The summed E-state index contributed by atoms with van der Waals surface area (Å²) in [6, 6.07) is 8.21. The molecule has 2 amide bonds. The Bertz CT molecular complexity index is 1190. The van der Waals surface area contributed by atoms with Crippen molar-refractivity contribution < 1.29 is 41.0 Å². The standard InChI is InChI=1S/C21H23ClF3N3O6S/c1-12(11-34-3)26-18(29)13-4-6-14(7-5-13)28-35(32,33)15-8-9-17(16(22)10-15)27-19(30)20(2,31)21(23,24)25/h4-10,12,28,31H,11H2,1-3H3,(H,26,29)(H,27,30)/t12-,20+/m1/s1. The molecule has 0 saturated heterocycles. The molecule has 0 heterocycles. The van der Waals surface area contributed by atoms with Crippen LogP contribution in [0.5, 0.6) is 0 Å². The molecule has 4 N–H and O–H groups in total. The molecule has 0 aliphatic heterocycles. The summed E-state index contributed by atoms with van der Waals surface area (Å²) in [5.74, 6) is -2.17. The second-order valence-corrected chi connectivity index (χ2v) is 9.77. The van der Waals surface area contributed by atoms with Gasteiger partial charge in [-0.2, -0.15) is 13.2 Å². The quantitative estimate of drug-likeness (QED) is 0.388. The number of hydrogen-bond acceptors (Lipinski definition) is 6. The zero-order valence-electron chi connectivity index (χ0n) is 18.7. The Kier molecular flexibility index (Phi) is 8.76. The van der Waals surface area contributed by atoms with Gasteiger partial charge in [-0.1, -0.05) is 11.6 Å². The number of aliphatic hydroxyl groups is 1. The molecule has 0 spiro atoms. The highest BCUT2D eigenvalue weighted by Gasteiger charge is 2.55. The van der Waals surface area contributed by atoms with E-state index in [1.54, 1.807) is 6.92 Å². The van der Waals surface area contributed by atoms with Gasteiger partial charge in [0.2, 0.25) is 5.60 Å². The van der Waals surface area contributed by atoms with E-state index in [2.05, 4.69) is 10.0 Å². The van der Waals surface area contributed by atoms with Gasteiger partial charge < -0.3 is 20.5 Å². The highest BCUT2D eigenvalue weighted by molar-refractivity contribution is 7.92. The highest BCUT2D eigenvalue weighted by Crippen LogP contribution is 2.33. The van der Waals surface area contributed by atoms with E-state index < -0.39 is 27.7 Å². The van der Waals surface area contributed by atoms with Crippen LogP contribution in [0, 0.1) is 0 Å². The van der Waals surface area contributed by atoms with E-state index in [4.69, 9.17) is 16.3 Å². The van der Waals surface area contributed by atoms with Crippen molar-refractivity contribution in [3.63, 3.8) is 0 Å². The summed E-state index contributed by atoms with van der Waals surface area (Å²) in [6.07, 6.45) is -5.24. The van der Waals surface area contributed by atoms with Gasteiger partial charge in [0.25, 0.3) is 21.8 Å². The summed E-state index contributed by atoms with van der Waals surface area (Å²) < 4.78 is 71.0. The van der Waals surface area contributed by atoms with Crippen molar-refractivity contribution in [1.29, 1.82) is 0 Å². The number of carbonyl (C=O) groups excluding carboxylic acids is 2. The second kappa shape index (κ2) is 10.8. The molecule has 0 unspecified atom stereocenters. The molecule has 192 valence electrons. The number of ether oxygens (including phenoxy) is 1. The molecule has 0 aliphatic carbocycles. The monoisotopic (exact) mass is 537 g/mol. The van der Waals surface area contributed by atoms with Gasteiger partial charge in [-0.25, -0.2) is 8.42 Å². The van der Waals surface area contributed by atoms with Crippen LogP contribution < -0.4 is 15.4 Å². The molecule has 2 rings (SSSR count). The fourth-order valence-electron chi connectivity index (χ4n) is 2.64. The third kappa shape index (κ3) is 7.07. The van der Waals surface area contributed by atoms with Crippen molar-refractivity contribution in [3.8, 4) is 0 Å². The van der Waals surface area contributed by atoms with Crippen molar-refractivity contribution >= 4 is 44.8 Å². The Morgan fingerprint density at radius 2 is 1.74 bits per heavy atom. The maximum Gasteiger partial charge on any atom is 0.426 e. The maximum absolute atomic E-state index is 12.8. The van der Waals surface area contributed by atoms with Crippen LogP contribution in [-0.4, -0.2) is 56.9 Å². The molecule has 9 nitrogen and oxygen atoms in total. The topological polar surface area (TPSA) is 134 Å². The third-order valence-corrected chi connectivity index (χ3v) is 6.38. The zero-order chi connectivity index (χ0) is 26.6. The predicted octanol–water partition coefficient (Wildman–Crippen LogP) is 3.16. The number of sulfonamides is 1. The molecule has 0 radical (unpaired) electrons. The summed E-state index contributed by atoms with van der Waals surface area (Å²) >= 11 is 5.94. The lowest BCUT2D eigenvalue weighted by Gasteiger charge is -2.25. The Morgan fingerprint density at radius 1 is 1.14 bits per heavy atom. The van der Waals surface area contributed by atoms with E-state index in [-0.39, 0.29) is 45.7 Å². The van der Waals surface area contributed by atoms with Gasteiger partial charge >= 0.3 is 6.18 Å². The van der Waals surface area contributed by atoms with E-state index in [9.17, 15) is 36.3 Å². The first-order valence-corrected chi connectivity index (χ1v) is 11.8. The average Bonchev–Trinajstić information content (AvgIpc) is 2.74. The van der Waals surface area contributed by atoms with Crippen LogP contribution in [0.25, 0.3) is 0 Å². The van der Waals surface area contributed by atoms with Crippen molar-refractivity contribution in [2.24, 2.45) is 0 Å². The number of anilines is 2. The minimum atomic E-state index is -5.24. The second-order valence-electron chi connectivity index (χ2n) is 7.68. The van der Waals surface area contributed by atoms with E-state index >= 15 is 0 Å². The Labute approximate surface area is 204 Å². The van der Waals surface area contributed by atoms with Crippen LogP contribution in [-0.2, 0) is 19.6 Å². The minimum absolute atomic E-state index is 0.126. The van der Waals surface area contributed by atoms with E-state index in [1.807, 2.05) is 5.32 Å². The van der Waals surface area contributed by atoms with Gasteiger partial charge in [0.15, 0.2) is 0 Å². The Morgan fingerprint density at radius 3 is 2.26 bits per heavy atom. The van der Waals surface area contributed by atoms with Crippen LogP contribution in [0.2, 0.25) is 5.02 Å². The van der Waals surface area contributed by atoms with Crippen molar-refractivity contribution in [1.82, 2.24) is 5.32 Å². The van der Waals surface area contributed by atoms with Crippen LogP contribution >= 0.6 is 11.6 Å². The van der Waals surface area contributed by atoms with Gasteiger partial charge in [0.05, 0.1) is 22.2 Å². The first-order valence-electron chi connectivity index (χ1n) is 9.91. The molecule has 2 aromatic rings. The van der Waals surface area contributed by atoms with E-state index in [0.717, 1.165) is 18.2 Å². The lowest BCUT2D eigenvalue weighted by molar-refractivity contribution is -0.242. The Balaban J connectivity index is 2.14. The lowest BCUT2D eigenvalue weighted by atomic mass is 10.1. The van der Waals surface area contributed by atoms with Gasteiger partial charge in [0.1, 0.15) is 0 Å². The number of carbonyl (C=O) groups is 2. The molecule has 14 heteroatoms. The lowest BCUT2D eigenvalue weighted by Crippen LogP contribution is -2.52. The van der Waals surface area contributed by atoms with E-state index in [1.165, 1.54) is 31.4 Å². The van der Waals surface area contributed by atoms with Gasteiger partial charge in [-0.15, -0.1) is 0 Å². The summed E-state index contributed by atoms with van der Waals surface area (Å²) in [5, 5.41) is 13.6. The SMILES string of the molecule is COC[C@@H](C)NC(=O)c1ccc(NS(=O)(=O)c2ccc(NC(=O)[C@](C)(O)C(F)(F)F)c(Cl)c2)cc1. The van der Waals surface area contributed by atoms with Gasteiger partial charge in [-0.3, -0.25) is 14.3 Å². The van der Waals surface area contributed by atoms with Crippen LogP contribution in [0.3, 0.4) is 0 Å². The normalized spacial score (nSPS) is 14.5.